The Morgan fingerprint density at radius 3 is 2.42 bits per heavy atom. The smallest absolute Gasteiger partial charge is 0.191 e. The predicted octanol–water partition coefficient (Wildman–Crippen LogP) is 3.61. The van der Waals surface area contributed by atoms with E-state index in [0.29, 0.717) is 0 Å². The van der Waals surface area contributed by atoms with Gasteiger partial charge in [-0.3, -0.25) is 4.99 Å². The highest BCUT2D eigenvalue weighted by molar-refractivity contribution is 14.0. The summed E-state index contributed by atoms with van der Waals surface area (Å²) in [6, 6.07) is 6.07. The van der Waals surface area contributed by atoms with E-state index in [4.69, 9.17) is 9.47 Å². The molecule has 0 amide bonds. The van der Waals surface area contributed by atoms with Crippen LogP contribution in [0.4, 0.5) is 0 Å². The van der Waals surface area contributed by atoms with E-state index in [0.717, 1.165) is 56.4 Å². The Bertz CT molecular complexity index is 481. The number of methoxy groups -OCH3 is 2. The van der Waals surface area contributed by atoms with Gasteiger partial charge in [0.1, 0.15) is 0 Å². The molecule has 1 rings (SSSR count). The Labute approximate surface area is 163 Å². The third kappa shape index (κ3) is 8.61. The summed E-state index contributed by atoms with van der Waals surface area (Å²) < 4.78 is 10.6. The molecule has 0 bridgehead atoms. The second kappa shape index (κ2) is 14.2. The topological polar surface area (TPSA) is 54.9 Å². The minimum atomic E-state index is 0. The second-order valence-corrected chi connectivity index (χ2v) is 5.33. The number of benzene rings is 1. The van der Waals surface area contributed by atoms with Crippen molar-refractivity contribution in [2.24, 2.45) is 4.99 Å². The van der Waals surface area contributed by atoms with Gasteiger partial charge in [0, 0.05) is 19.6 Å². The Morgan fingerprint density at radius 2 is 1.79 bits per heavy atom. The van der Waals surface area contributed by atoms with Crippen molar-refractivity contribution in [1.82, 2.24) is 10.6 Å². The Kier molecular flexibility index (Phi) is 13.5. The maximum Gasteiger partial charge on any atom is 0.191 e. The molecule has 0 aromatic heterocycles. The number of hydrogen-bond acceptors (Lipinski definition) is 3. The van der Waals surface area contributed by atoms with Crippen LogP contribution in [0.15, 0.2) is 23.2 Å². The zero-order valence-electron chi connectivity index (χ0n) is 15.4. The number of aliphatic imine (C=N–C) groups is 1. The first-order valence-corrected chi connectivity index (χ1v) is 8.48. The predicted molar refractivity (Wildman–Crippen MR) is 112 cm³/mol. The summed E-state index contributed by atoms with van der Waals surface area (Å²) in [5.41, 5.74) is 1.24. The van der Waals surface area contributed by atoms with E-state index in [-0.39, 0.29) is 24.0 Å². The Balaban J connectivity index is 0.00000529. The van der Waals surface area contributed by atoms with Crippen LogP contribution < -0.4 is 20.1 Å². The van der Waals surface area contributed by atoms with E-state index in [1.165, 1.54) is 12.0 Å². The minimum absolute atomic E-state index is 0. The third-order valence-corrected chi connectivity index (χ3v) is 3.51. The normalized spacial score (nSPS) is 10.8. The number of nitrogens with zero attached hydrogens (tertiary/aromatic N) is 1. The summed E-state index contributed by atoms with van der Waals surface area (Å²) in [5.74, 6) is 2.46. The molecule has 0 saturated carbocycles. The number of unbranched alkanes of at least 4 members (excludes halogenated alkanes) is 1. The molecule has 0 saturated heterocycles. The van der Waals surface area contributed by atoms with Crippen molar-refractivity contribution in [3.63, 3.8) is 0 Å². The van der Waals surface area contributed by atoms with E-state index < -0.39 is 0 Å². The molecular weight excluding hydrogens is 417 g/mol. The van der Waals surface area contributed by atoms with E-state index in [9.17, 15) is 0 Å². The number of halogens is 1. The highest BCUT2D eigenvalue weighted by atomic mass is 127. The standard InChI is InChI=1S/C18H31N3O2.HI/c1-5-7-12-20-18(19-6-2)21-13-8-9-15-10-11-16(22-3)17(14-15)23-4;/h10-11,14H,5-9,12-13H2,1-4H3,(H2,19,20,21);1H. The van der Waals surface area contributed by atoms with Gasteiger partial charge >= 0.3 is 0 Å². The summed E-state index contributed by atoms with van der Waals surface area (Å²) in [6.07, 6.45) is 4.32. The summed E-state index contributed by atoms with van der Waals surface area (Å²) >= 11 is 0. The van der Waals surface area contributed by atoms with Gasteiger partial charge < -0.3 is 20.1 Å². The van der Waals surface area contributed by atoms with Crippen molar-refractivity contribution >= 4 is 29.9 Å². The maximum absolute atomic E-state index is 5.34. The molecule has 6 heteroatoms. The molecule has 138 valence electrons. The molecule has 0 fully saturated rings. The van der Waals surface area contributed by atoms with Crippen LogP contribution in [-0.2, 0) is 6.42 Å². The van der Waals surface area contributed by atoms with Crippen LogP contribution in [-0.4, -0.2) is 39.8 Å². The van der Waals surface area contributed by atoms with Gasteiger partial charge in [0.2, 0.25) is 0 Å². The van der Waals surface area contributed by atoms with Gasteiger partial charge in [-0.15, -0.1) is 24.0 Å². The molecule has 0 unspecified atom stereocenters. The van der Waals surface area contributed by atoms with Gasteiger partial charge in [-0.1, -0.05) is 19.4 Å². The van der Waals surface area contributed by atoms with Crippen LogP contribution in [0.5, 0.6) is 11.5 Å². The first kappa shape index (κ1) is 22.8. The van der Waals surface area contributed by atoms with Crippen LogP contribution in [0.3, 0.4) is 0 Å². The van der Waals surface area contributed by atoms with E-state index in [1.807, 2.05) is 12.1 Å². The number of nitrogens with one attached hydrogen (secondary N) is 2. The van der Waals surface area contributed by atoms with Gasteiger partial charge in [-0.25, -0.2) is 0 Å². The van der Waals surface area contributed by atoms with Crippen molar-refractivity contribution in [1.29, 1.82) is 0 Å². The zero-order chi connectivity index (χ0) is 16.9. The SMILES string of the molecule is CCCCNC(=NCCCc1ccc(OC)c(OC)c1)NCC.I. The summed E-state index contributed by atoms with van der Waals surface area (Å²) in [7, 11) is 3.32. The first-order chi connectivity index (χ1) is 11.2. The lowest BCUT2D eigenvalue weighted by Gasteiger charge is -2.11. The van der Waals surface area contributed by atoms with Crippen molar-refractivity contribution < 1.29 is 9.47 Å². The molecule has 0 aliphatic heterocycles. The van der Waals surface area contributed by atoms with Gasteiger partial charge in [-0.2, -0.15) is 0 Å². The van der Waals surface area contributed by atoms with Crippen LogP contribution in [0.25, 0.3) is 0 Å². The van der Waals surface area contributed by atoms with E-state index in [1.54, 1.807) is 14.2 Å². The lowest BCUT2D eigenvalue weighted by atomic mass is 10.1. The molecule has 5 nitrogen and oxygen atoms in total. The van der Waals surface area contributed by atoms with Gasteiger partial charge in [0.15, 0.2) is 17.5 Å². The highest BCUT2D eigenvalue weighted by Gasteiger charge is 2.04. The van der Waals surface area contributed by atoms with Gasteiger partial charge in [0.25, 0.3) is 0 Å². The first-order valence-electron chi connectivity index (χ1n) is 8.48. The van der Waals surface area contributed by atoms with Crippen molar-refractivity contribution in [2.45, 2.75) is 39.5 Å². The van der Waals surface area contributed by atoms with Gasteiger partial charge in [-0.05, 0) is 43.9 Å². The number of rotatable bonds is 10. The number of hydrogen-bond donors (Lipinski definition) is 2. The van der Waals surface area contributed by atoms with Crippen molar-refractivity contribution in [3.8, 4) is 11.5 Å². The molecule has 0 aliphatic rings. The number of ether oxygens (including phenoxy) is 2. The molecule has 0 aliphatic carbocycles. The molecule has 24 heavy (non-hydrogen) atoms. The van der Waals surface area contributed by atoms with E-state index >= 15 is 0 Å². The van der Waals surface area contributed by atoms with E-state index in [2.05, 4.69) is 35.5 Å². The van der Waals surface area contributed by atoms with Crippen LogP contribution >= 0.6 is 24.0 Å². The molecule has 0 atom stereocenters. The third-order valence-electron chi connectivity index (χ3n) is 3.51. The fourth-order valence-corrected chi connectivity index (χ4v) is 2.24. The molecule has 0 radical (unpaired) electrons. The summed E-state index contributed by atoms with van der Waals surface area (Å²) in [6.45, 7) is 6.93. The molecular formula is C18H32IN3O2. The van der Waals surface area contributed by atoms with Crippen LogP contribution in [0.2, 0.25) is 0 Å². The average Bonchev–Trinajstić information content (AvgIpc) is 2.58. The molecule has 2 N–H and O–H groups in total. The second-order valence-electron chi connectivity index (χ2n) is 5.33. The fourth-order valence-electron chi connectivity index (χ4n) is 2.24. The number of guanidine groups is 1. The molecule has 1 aromatic carbocycles. The monoisotopic (exact) mass is 449 g/mol. The minimum Gasteiger partial charge on any atom is -0.493 e. The summed E-state index contributed by atoms with van der Waals surface area (Å²) in [4.78, 5) is 4.62. The fraction of sp³-hybridized carbons (Fsp3) is 0.611. The van der Waals surface area contributed by atoms with Crippen molar-refractivity contribution in [3.05, 3.63) is 23.8 Å². The zero-order valence-corrected chi connectivity index (χ0v) is 17.7. The Hall–Kier alpha value is -1.18. The summed E-state index contributed by atoms with van der Waals surface area (Å²) in [5, 5.41) is 6.63. The lowest BCUT2D eigenvalue weighted by molar-refractivity contribution is 0.354. The highest BCUT2D eigenvalue weighted by Crippen LogP contribution is 2.27. The van der Waals surface area contributed by atoms with Crippen LogP contribution in [0, 0.1) is 0 Å². The maximum atomic E-state index is 5.34. The molecule has 0 heterocycles. The lowest BCUT2D eigenvalue weighted by Crippen LogP contribution is -2.37. The van der Waals surface area contributed by atoms with Gasteiger partial charge in [0.05, 0.1) is 14.2 Å². The largest absolute Gasteiger partial charge is 0.493 e. The van der Waals surface area contributed by atoms with Crippen LogP contribution in [0.1, 0.15) is 38.7 Å². The molecule has 1 aromatic rings. The number of aryl methyl sites for hydroxylation is 1. The quantitative estimate of drug-likeness (QED) is 0.248. The Morgan fingerprint density at radius 1 is 1.04 bits per heavy atom. The molecule has 0 spiro atoms. The average molecular weight is 449 g/mol. The van der Waals surface area contributed by atoms with Crippen molar-refractivity contribution in [2.75, 3.05) is 33.9 Å².